The van der Waals surface area contributed by atoms with Crippen molar-refractivity contribution in [3.8, 4) is 5.75 Å². The van der Waals surface area contributed by atoms with Crippen LogP contribution >= 0.6 is 27.7 Å². The van der Waals surface area contributed by atoms with Crippen molar-refractivity contribution in [3.05, 3.63) is 41.6 Å². The third kappa shape index (κ3) is 3.44. The summed E-state index contributed by atoms with van der Waals surface area (Å²) in [4.78, 5) is 37.8. The van der Waals surface area contributed by atoms with Crippen LogP contribution in [0, 0.1) is 0 Å². The van der Waals surface area contributed by atoms with E-state index < -0.39 is 28.9 Å². The molecule has 3 rings (SSSR count). The van der Waals surface area contributed by atoms with Crippen LogP contribution in [0.4, 0.5) is 0 Å². The molecule has 1 aromatic rings. The number of rotatable bonds is 7. The molecule has 0 spiro atoms. The second kappa shape index (κ2) is 7.91. The molecule has 2 amide bonds. The van der Waals surface area contributed by atoms with Crippen molar-refractivity contribution in [2.75, 3.05) is 24.8 Å². The van der Waals surface area contributed by atoms with Gasteiger partial charge in [0.25, 0.3) is 17.5 Å². The monoisotopic (exact) mass is 456 g/mol. The van der Waals surface area contributed by atoms with Crippen molar-refractivity contribution < 1.29 is 29.0 Å². The van der Waals surface area contributed by atoms with Crippen LogP contribution in [0.1, 0.15) is 0 Å². The molecule has 2 heterocycles. The Labute approximate surface area is 168 Å². The number of ether oxygens (including phenoxy) is 2. The van der Waals surface area contributed by atoms with Crippen molar-refractivity contribution in [1.82, 2.24) is 10.2 Å². The number of methoxy groups -OCH3 is 1. The zero-order chi connectivity index (χ0) is 19.6. The first-order valence-corrected chi connectivity index (χ1v) is 10.1. The van der Waals surface area contributed by atoms with Crippen LogP contribution in [0.3, 0.4) is 0 Å². The van der Waals surface area contributed by atoms with Gasteiger partial charge in [-0.3, -0.25) is 14.5 Å². The Bertz CT molecular complexity index is 802. The molecular weight excluding hydrogens is 440 g/mol. The minimum atomic E-state index is -1.61. The zero-order valence-electron chi connectivity index (χ0n) is 14.3. The van der Waals surface area contributed by atoms with Crippen LogP contribution in [0.25, 0.3) is 0 Å². The molecule has 0 bridgehead atoms. The highest BCUT2D eigenvalue weighted by Gasteiger charge is 2.66. The number of β-lactam (4-membered cyclic amide) rings is 1. The minimum Gasteiger partial charge on any atom is -0.484 e. The van der Waals surface area contributed by atoms with E-state index in [4.69, 9.17) is 9.47 Å². The number of carboxylic acids is 1. The van der Waals surface area contributed by atoms with Gasteiger partial charge in [0.05, 0.1) is 0 Å². The number of carbonyl (C=O) groups is 3. The summed E-state index contributed by atoms with van der Waals surface area (Å²) in [5, 5.41) is 11.7. The number of carboxylic acid groups (broad SMARTS) is 1. The summed E-state index contributed by atoms with van der Waals surface area (Å²) in [6.45, 7) is -0.298. The number of halogens is 1. The molecule has 1 aromatic carbocycles. The summed E-state index contributed by atoms with van der Waals surface area (Å²) in [5.74, 6) is -1.42. The predicted octanol–water partition coefficient (Wildman–Crippen LogP) is 1.17. The number of alkyl halides is 1. The largest absolute Gasteiger partial charge is 0.484 e. The first kappa shape index (κ1) is 19.7. The number of para-hydroxylation sites is 1. The SMILES string of the molecule is COC1(NC(=O)COc2ccccc2)C(=O)N2C(C(=O)O)=C(CBr)CS[C@@H]21. The van der Waals surface area contributed by atoms with Crippen molar-refractivity contribution in [1.29, 1.82) is 0 Å². The summed E-state index contributed by atoms with van der Waals surface area (Å²) in [6.07, 6.45) is 0. The third-order valence-electron chi connectivity index (χ3n) is 4.23. The normalized spacial score (nSPS) is 24.1. The lowest BCUT2D eigenvalue weighted by Gasteiger charge is -2.55. The van der Waals surface area contributed by atoms with Gasteiger partial charge in [0.1, 0.15) is 16.8 Å². The van der Waals surface area contributed by atoms with Crippen molar-refractivity contribution in [2.45, 2.75) is 11.1 Å². The average Bonchev–Trinajstić information content (AvgIpc) is 2.69. The van der Waals surface area contributed by atoms with Crippen LogP contribution in [0.15, 0.2) is 41.6 Å². The fourth-order valence-corrected chi connectivity index (χ4v) is 5.12. The fraction of sp³-hybridized carbons (Fsp3) is 0.353. The Balaban J connectivity index is 1.73. The number of nitrogens with zero attached hydrogens (tertiary/aromatic N) is 1. The van der Waals surface area contributed by atoms with E-state index in [9.17, 15) is 19.5 Å². The Hall–Kier alpha value is -2.04. The van der Waals surface area contributed by atoms with Crippen LogP contribution < -0.4 is 10.1 Å². The molecule has 0 radical (unpaired) electrons. The van der Waals surface area contributed by atoms with E-state index in [2.05, 4.69) is 21.2 Å². The number of aliphatic carboxylic acids is 1. The zero-order valence-corrected chi connectivity index (χ0v) is 16.7. The Morgan fingerprint density at radius 1 is 1.41 bits per heavy atom. The molecule has 1 unspecified atom stereocenters. The first-order chi connectivity index (χ1) is 12.9. The third-order valence-corrected chi connectivity index (χ3v) is 6.28. The van der Waals surface area contributed by atoms with Gasteiger partial charge in [-0.25, -0.2) is 4.79 Å². The standard InChI is InChI=1S/C17H17BrN2O6S/c1-25-17(19-12(21)8-26-11-5-3-2-4-6-11)15(24)20-13(14(22)23)10(7-18)9-27-16(17)20/h2-6,16H,7-9H2,1H3,(H,19,21)(H,22,23)/t16-,17?/m1/s1. The summed E-state index contributed by atoms with van der Waals surface area (Å²) < 4.78 is 10.7. The molecule has 0 aromatic heterocycles. The maximum absolute atomic E-state index is 12.8. The van der Waals surface area contributed by atoms with E-state index in [1.54, 1.807) is 24.3 Å². The van der Waals surface area contributed by atoms with Gasteiger partial charge in [-0.15, -0.1) is 11.8 Å². The van der Waals surface area contributed by atoms with Crippen LogP contribution in [-0.2, 0) is 19.1 Å². The smallest absolute Gasteiger partial charge is 0.352 e. The van der Waals surface area contributed by atoms with Gasteiger partial charge in [0, 0.05) is 18.2 Å². The van der Waals surface area contributed by atoms with Crippen molar-refractivity contribution >= 4 is 45.5 Å². The topological polar surface area (TPSA) is 105 Å². The second-order valence-corrected chi connectivity index (χ2v) is 7.45. The second-order valence-electron chi connectivity index (χ2n) is 5.82. The summed E-state index contributed by atoms with van der Waals surface area (Å²) in [7, 11) is 1.30. The number of fused-ring (bicyclic) bond motifs is 1. The van der Waals surface area contributed by atoms with Crippen molar-refractivity contribution in [2.24, 2.45) is 0 Å². The molecule has 2 aliphatic rings. The molecule has 2 aliphatic heterocycles. The molecule has 8 nitrogen and oxygen atoms in total. The molecule has 2 atom stereocenters. The molecule has 27 heavy (non-hydrogen) atoms. The molecular formula is C17H17BrN2O6S. The Morgan fingerprint density at radius 3 is 2.70 bits per heavy atom. The molecule has 1 fully saturated rings. The van der Waals surface area contributed by atoms with Crippen LogP contribution in [0.5, 0.6) is 5.75 Å². The quantitative estimate of drug-likeness (QED) is 0.360. The molecule has 0 saturated carbocycles. The first-order valence-electron chi connectivity index (χ1n) is 7.95. The number of benzene rings is 1. The van der Waals surface area contributed by atoms with E-state index in [1.807, 2.05) is 6.07 Å². The number of thioether (sulfide) groups is 1. The lowest BCUT2D eigenvalue weighted by atomic mass is 9.98. The number of hydrogen-bond acceptors (Lipinski definition) is 6. The lowest BCUT2D eigenvalue weighted by Crippen LogP contribution is -2.81. The number of amides is 2. The van der Waals surface area contributed by atoms with Gasteiger partial charge >= 0.3 is 5.97 Å². The van der Waals surface area contributed by atoms with E-state index in [0.717, 1.165) is 4.90 Å². The van der Waals surface area contributed by atoms with Gasteiger partial charge in [-0.2, -0.15) is 0 Å². The minimum absolute atomic E-state index is 0.0666. The Morgan fingerprint density at radius 2 is 2.11 bits per heavy atom. The number of nitrogens with one attached hydrogen (secondary N) is 1. The van der Waals surface area contributed by atoms with Crippen LogP contribution in [-0.4, -0.2) is 63.7 Å². The van der Waals surface area contributed by atoms with Gasteiger partial charge in [-0.05, 0) is 17.7 Å². The fourth-order valence-electron chi connectivity index (χ4n) is 2.95. The molecule has 144 valence electrons. The van der Waals surface area contributed by atoms with Crippen LogP contribution in [0.2, 0.25) is 0 Å². The van der Waals surface area contributed by atoms with Gasteiger partial charge < -0.3 is 19.9 Å². The maximum atomic E-state index is 12.8. The summed E-state index contributed by atoms with van der Waals surface area (Å²) in [6, 6.07) is 8.79. The molecule has 2 N–H and O–H groups in total. The highest BCUT2D eigenvalue weighted by atomic mass is 79.9. The van der Waals surface area contributed by atoms with E-state index in [0.29, 0.717) is 22.4 Å². The van der Waals surface area contributed by atoms with Gasteiger partial charge in [0.15, 0.2) is 6.61 Å². The average molecular weight is 457 g/mol. The van der Waals surface area contributed by atoms with Gasteiger partial charge in [-0.1, -0.05) is 34.1 Å². The summed E-state index contributed by atoms with van der Waals surface area (Å²) >= 11 is 4.58. The highest BCUT2D eigenvalue weighted by molar-refractivity contribution is 9.09. The Kier molecular flexibility index (Phi) is 5.78. The number of carbonyl (C=O) groups excluding carboxylic acids is 2. The van der Waals surface area contributed by atoms with E-state index in [-0.39, 0.29) is 12.3 Å². The lowest BCUT2D eigenvalue weighted by molar-refractivity contribution is -0.192. The number of hydrogen-bond donors (Lipinski definition) is 2. The molecule has 10 heteroatoms. The van der Waals surface area contributed by atoms with Gasteiger partial charge in [0.2, 0.25) is 0 Å². The highest BCUT2D eigenvalue weighted by Crippen LogP contribution is 2.46. The predicted molar refractivity (Wildman–Crippen MR) is 101 cm³/mol. The van der Waals surface area contributed by atoms with E-state index in [1.165, 1.54) is 18.9 Å². The molecule has 0 aliphatic carbocycles. The maximum Gasteiger partial charge on any atom is 0.352 e. The van der Waals surface area contributed by atoms with Crippen molar-refractivity contribution in [3.63, 3.8) is 0 Å². The molecule has 1 saturated heterocycles. The van der Waals surface area contributed by atoms with E-state index >= 15 is 0 Å². The summed E-state index contributed by atoms with van der Waals surface area (Å²) in [5.41, 5.74) is -1.08.